The number of hydrogen-bond donors (Lipinski definition) is 0. The lowest BCUT2D eigenvalue weighted by molar-refractivity contribution is 0.414. The van der Waals surface area contributed by atoms with Crippen LogP contribution in [0.3, 0.4) is 0 Å². The maximum atomic E-state index is 13.2. The molecule has 0 radical (unpaired) electrons. The van der Waals surface area contributed by atoms with Crippen LogP contribution in [0, 0.1) is 11.6 Å². The summed E-state index contributed by atoms with van der Waals surface area (Å²) in [6, 6.07) is 8.96. The van der Waals surface area contributed by atoms with Crippen molar-refractivity contribution in [3.05, 3.63) is 64.2 Å². The van der Waals surface area contributed by atoms with Gasteiger partial charge in [0, 0.05) is 5.02 Å². The smallest absolute Gasteiger partial charge is 0.159 e. The first-order valence-corrected chi connectivity index (χ1v) is 6.74. The molecule has 100 valence electrons. The summed E-state index contributed by atoms with van der Waals surface area (Å²) in [6.07, 6.45) is 0. The van der Waals surface area contributed by atoms with Crippen molar-refractivity contribution in [1.82, 2.24) is 0 Å². The zero-order valence-electron chi connectivity index (χ0n) is 9.96. The van der Waals surface area contributed by atoms with Crippen molar-refractivity contribution >= 4 is 27.5 Å². The van der Waals surface area contributed by atoms with Crippen LogP contribution in [-0.2, 0) is 0 Å². The van der Waals surface area contributed by atoms with Crippen molar-refractivity contribution in [2.45, 2.75) is 4.83 Å². The third kappa shape index (κ3) is 3.07. The van der Waals surface area contributed by atoms with E-state index in [4.69, 9.17) is 16.3 Å². The molecule has 19 heavy (non-hydrogen) atoms. The van der Waals surface area contributed by atoms with E-state index in [9.17, 15) is 8.78 Å². The van der Waals surface area contributed by atoms with Gasteiger partial charge in [-0.05, 0) is 35.4 Å². The van der Waals surface area contributed by atoms with Crippen molar-refractivity contribution in [1.29, 1.82) is 0 Å². The molecule has 0 aliphatic carbocycles. The van der Waals surface area contributed by atoms with E-state index in [-0.39, 0.29) is 4.83 Å². The lowest BCUT2D eigenvalue weighted by atomic mass is 10.0. The van der Waals surface area contributed by atoms with Gasteiger partial charge in [-0.3, -0.25) is 0 Å². The number of benzene rings is 2. The van der Waals surface area contributed by atoms with Crippen LogP contribution in [0.4, 0.5) is 8.78 Å². The third-order valence-corrected chi connectivity index (χ3v) is 4.07. The number of ether oxygens (including phenoxy) is 1. The van der Waals surface area contributed by atoms with Crippen LogP contribution < -0.4 is 4.74 Å². The van der Waals surface area contributed by atoms with Gasteiger partial charge >= 0.3 is 0 Å². The third-order valence-electron chi connectivity index (χ3n) is 2.72. The highest BCUT2D eigenvalue weighted by Gasteiger charge is 2.16. The highest BCUT2D eigenvalue weighted by atomic mass is 79.9. The summed E-state index contributed by atoms with van der Waals surface area (Å²) in [6.45, 7) is 0. The fraction of sp³-hybridized carbons (Fsp3) is 0.143. The molecule has 1 nitrogen and oxygen atoms in total. The van der Waals surface area contributed by atoms with E-state index in [1.165, 1.54) is 6.07 Å². The van der Waals surface area contributed by atoms with Gasteiger partial charge in [0.25, 0.3) is 0 Å². The van der Waals surface area contributed by atoms with Gasteiger partial charge in [0.2, 0.25) is 0 Å². The molecule has 1 unspecified atom stereocenters. The molecule has 2 rings (SSSR count). The summed E-state index contributed by atoms with van der Waals surface area (Å²) in [7, 11) is 1.55. The summed E-state index contributed by atoms with van der Waals surface area (Å²) in [5.74, 6) is -1.12. The van der Waals surface area contributed by atoms with Gasteiger partial charge in [-0.2, -0.15) is 0 Å². The van der Waals surface area contributed by atoms with Gasteiger partial charge in [0.1, 0.15) is 5.75 Å². The van der Waals surface area contributed by atoms with Crippen molar-refractivity contribution in [2.75, 3.05) is 7.11 Å². The molecule has 1 atom stereocenters. The van der Waals surface area contributed by atoms with Crippen molar-refractivity contribution in [3.63, 3.8) is 0 Å². The minimum absolute atomic E-state index is 0.319. The molecule has 0 aromatic heterocycles. The van der Waals surface area contributed by atoms with E-state index in [0.717, 1.165) is 17.7 Å². The Morgan fingerprint density at radius 2 is 1.84 bits per heavy atom. The van der Waals surface area contributed by atoms with Gasteiger partial charge < -0.3 is 4.74 Å². The summed E-state index contributed by atoms with van der Waals surface area (Å²) >= 11 is 9.58. The summed E-state index contributed by atoms with van der Waals surface area (Å²) in [4.78, 5) is -0.319. The fourth-order valence-corrected chi connectivity index (χ4v) is 2.79. The molecule has 2 aromatic rings. The first-order chi connectivity index (χ1) is 9.02. The number of hydrogen-bond acceptors (Lipinski definition) is 1. The summed E-state index contributed by atoms with van der Waals surface area (Å²) < 4.78 is 31.2. The molecule has 0 fully saturated rings. The Bertz CT molecular complexity index is 604. The molecule has 0 saturated carbocycles. The molecule has 5 heteroatoms. The lowest BCUT2D eigenvalue weighted by Gasteiger charge is -2.13. The van der Waals surface area contributed by atoms with Crippen LogP contribution in [0.2, 0.25) is 5.02 Å². The molecule has 0 heterocycles. The quantitative estimate of drug-likeness (QED) is 0.701. The van der Waals surface area contributed by atoms with Crippen LogP contribution in [-0.4, -0.2) is 7.11 Å². The molecule has 0 spiro atoms. The molecule has 2 aromatic carbocycles. The minimum atomic E-state index is -0.883. The van der Waals surface area contributed by atoms with Crippen molar-refractivity contribution in [2.24, 2.45) is 0 Å². The number of alkyl halides is 1. The second-order valence-corrected chi connectivity index (χ2v) is 5.25. The molecule has 0 saturated heterocycles. The molecular formula is C14H10BrClF2O. The molecular weight excluding hydrogens is 338 g/mol. The number of halogens is 4. The molecule has 0 aliphatic heterocycles. The largest absolute Gasteiger partial charge is 0.497 e. The van der Waals surface area contributed by atoms with Gasteiger partial charge in [0.05, 0.1) is 11.9 Å². The summed E-state index contributed by atoms with van der Waals surface area (Å²) in [5, 5.41) is 0.492. The standard InChI is InChI=1S/C14H10BrClF2O/c1-19-9-3-4-10(11(16)7-9)14(15)8-2-5-12(17)13(18)6-8/h2-7,14H,1H3. The maximum absolute atomic E-state index is 13.2. The maximum Gasteiger partial charge on any atom is 0.159 e. The number of methoxy groups -OCH3 is 1. The average molecular weight is 348 g/mol. The van der Waals surface area contributed by atoms with Crippen LogP contribution in [0.15, 0.2) is 36.4 Å². The zero-order chi connectivity index (χ0) is 14.0. The topological polar surface area (TPSA) is 9.23 Å². The minimum Gasteiger partial charge on any atom is -0.497 e. The highest BCUT2D eigenvalue weighted by molar-refractivity contribution is 9.09. The first-order valence-electron chi connectivity index (χ1n) is 5.45. The van der Waals surface area contributed by atoms with Gasteiger partial charge in [-0.1, -0.05) is 39.7 Å². The second-order valence-electron chi connectivity index (χ2n) is 3.92. The fourth-order valence-electron chi connectivity index (χ4n) is 1.69. The Morgan fingerprint density at radius 1 is 1.11 bits per heavy atom. The van der Waals surface area contributed by atoms with Crippen molar-refractivity contribution < 1.29 is 13.5 Å². The lowest BCUT2D eigenvalue weighted by Crippen LogP contribution is -1.96. The Balaban J connectivity index is 2.38. The number of rotatable bonds is 3. The van der Waals surface area contributed by atoms with E-state index in [1.807, 2.05) is 0 Å². The summed E-state index contributed by atoms with van der Waals surface area (Å²) in [5.41, 5.74) is 1.35. The van der Waals surface area contributed by atoms with E-state index in [2.05, 4.69) is 15.9 Å². The van der Waals surface area contributed by atoms with Crippen LogP contribution in [0.1, 0.15) is 16.0 Å². The molecule has 0 bridgehead atoms. The van der Waals surface area contributed by atoms with Crippen molar-refractivity contribution in [3.8, 4) is 5.75 Å². The molecule has 0 aliphatic rings. The molecule has 0 N–H and O–H groups in total. The van der Waals surface area contributed by atoms with Gasteiger partial charge in [0.15, 0.2) is 11.6 Å². The zero-order valence-corrected chi connectivity index (χ0v) is 12.3. The monoisotopic (exact) mass is 346 g/mol. The van der Waals surface area contributed by atoms with Crippen LogP contribution in [0.25, 0.3) is 0 Å². The predicted octanol–water partition coefficient (Wildman–Crippen LogP) is 5.11. The Hall–Kier alpha value is -1.13. The first kappa shape index (κ1) is 14.3. The Kier molecular flexibility index (Phi) is 4.42. The second kappa shape index (κ2) is 5.88. The van der Waals surface area contributed by atoms with E-state index in [1.54, 1.807) is 25.3 Å². The predicted molar refractivity (Wildman–Crippen MR) is 75.1 cm³/mol. The SMILES string of the molecule is COc1ccc(C(Br)c2ccc(F)c(F)c2)c(Cl)c1. The normalized spacial score (nSPS) is 12.3. The van der Waals surface area contributed by atoms with Crippen LogP contribution in [0.5, 0.6) is 5.75 Å². The van der Waals surface area contributed by atoms with E-state index in [0.29, 0.717) is 16.3 Å². The van der Waals surface area contributed by atoms with Gasteiger partial charge in [-0.25, -0.2) is 8.78 Å². The van der Waals surface area contributed by atoms with E-state index >= 15 is 0 Å². The average Bonchev–Trinajstić information content (AvgIpc) is 2.41. The molecule has 0 amide bonds. The van der Waals surface area contributed by atoms with Crippen LogP contribution >= 0.6 is 27.5 Å². The Morgan fingerprint density at radius 3 is 2.42 bits per heavy atom. The Labute approximate surface area is 123 Å². The highest BCUT2D eigenvalue weighted by Crippen LogP contribution is 2.37. The van der Waals surface area contributed by atoms with E-state index < -0.39 is 11.6 Å². The van der Waals surface area contributed by atoms with Gasteiger partial charge in [-0.15, -0.1) is 0 Å².